The molecule has 0 bridgehead atoms. The van der Waals surface area contributed by atoms with Crippen LogP contribution in [0.25, 0.3) is 0 Å². The van der Waals surface area contributed by atoms with Crippen molar-refractivity contribution in [3.05, 3.63) is 89.2 Å². The summed E-state index contributed by atoms with van der Waals surface area (Å²) in [6.45, 7) is 5.84. The molecule has 3 atom stereocenters. The summed E-state index contributed by atoms with van der Waals surface area (Å²) in [7, 11) is -1.60. The van der Waals surface area contributed by atoms with Crippen molar-refractivity contribution >= 4 is 28.3 Å². The minimum Gasteiger partial charge on any atom is -0.338 e. The fraction of sp³-hybridized carbons (Fsp3) is 0.286. The number of carbonyl (C=O) groups excluding carboxylic acids is 2. The Balaban J connectivity index is 1.60. The number of anilines is 1. The van der Waals surface area contributed by atoms with Gasteiger partial charge in [-0.25, -0.2) is 8.60 Å². The molecule has 1 fully saturated rings. The lowest BCUT2D eigenvalue weighted by Crippen LogP contribution is -2.42. The fourth-order valence-corrected chi connectivity index (χ4v) is 6.48. The van der Waals surface area contributed by atoms with E-state index in [1.807, 2.05) is 4.90 Å². The largest absolute Gasteiger partial charge is 0.338 e. The van der Waals surface area contributed by atoms with Gasteiger partial charge in [-0.2, -0.15) is 0 Å². The van der Waals surface area contributed by atoms with Crippen LogP contribution in [0.2, 0.25) is 0 Å². The molecule has 0 aliphatic carbocycles. The molecule has 2 aliphatic heterocycles. The van der Waals surface area contributed by atoms with E-state index in [-0.39, 0.29) is 24.2 Å². The second kappa shape index (κ2) is 9.38. The van der Waals surface area contributed by atoms with Gasteiger partial charge in [-0.05, 0) is 66.3 Å². The Labute approximate surface area is 207 Å². The molecule has 35 heavy (non-hydrogen) atoms. The van der Waals surface area contributed by atoms with E-state index in [1.165, 1.54) is 12.1 Å². The molecule has 0 saturated carbocycles. The summed E-state index contributed by atoms with van der Waals surface area (Å²) in [4.78, 5) is 31.5. The third-order valence-corrected chi connectivity index (χ3v) is 8.17. The van der Waals surface area contributed by atoms with Crippen LogP contribution in [0.5, 0.6) is 0 Å². The van der Waals surface area contributed by atoms with Crippen LogP contribution in [0.1, 0.15) is 46.5 Å². The summed E-state index contributed by atoms with van der Waals surface area (Å²) in [5, 5.41) is 0. The van der Waals surface area contributed by atoms with Gasteiger partial charge < -0.3 is 9.80 Å². The van der Waals surface area contributed by atoms with Crippen molar-refractivity contribution in [2.24, 2.45) is 11.8 Å². The zero-order valence-corrected chi connectivity index (χ0v) is 20.6. The van der Waals surface area contributed by atoms with Gasteiger partial charge in [-0.3, -0.25) is 9.59 Å². The van der Waals surface area contributed by atoms with Crippen molar-refractivity contribution in [1.82, 2.24) is 4.90 Å². The maximum Gasteiger partial charge on any atom is 0.259 e. The van der Waals surface area contributed by atoms with Crippen molar-refractivity contribution in [2.45, 2.75) is 36.6 Å². The van der Waals surface area contributed by atoms with Crippen LogP contribution in [-0.4, -0.2) is 34.0 Å². The first-order chi connectivity index (χ1) is 16.8. The molecule has 7 heteroatoms. The average molecular weight is 491 g/mol. The predicted molar refractivity (Wildman–Crippen MR) is 133 cm³/mol. The second-order valence-corrected chi connectivity index (χ2v) is 11.0. The number of amides is 2. The van der Waals surface area contributed by atoms with Crippen LogP contribution >= 0.6 is 0 Å². The summed E-state index contributed by atoms with van der Waals surface area (Å²) in [6.07, 6.45) is 1.09. The molecule has 180 valence electrons. The molecule has 2 heterocycles. The molecule has 0 spiro atoms. The van der Waals surface area contributed by atoms with Crippen LogP contribution in [0, 0.1) is 17.7 Å². The van der Waals surface area contributed by atoms with Crippen LogP contribution < -0.4 is 4.90 Å². The van der Waals surface area contributed by atoms with E-state index in [1.54, 1.807) is 59.5 Å². The molecule has 2 amide bonds. The summed E-state index contributed by atoms with van der Waals surface area (Å²) in [5.41, 5.74) is 1.99. The maximum absolute atomic E-state index is 13.7. The SMILES string of the molecule is C[C@@H]1C[C@H](C)CN(C(=O)c2ccc3c(c2)N(Cc2ccc(F)cc2)C(=O)c2ccccc2[S@]3=O)C1. The van der Waals surface area contributed by atoms with Gasteiger partial charge in [-0.15, -0.1) is 0 Å². The first kappa shape index (κ1) is 23.4. The van der Waals surface area contributed by atoms with E-state index in [9.17, 15) is 18.2 Å². The number of hydrogen-bond donors (Lipinski definition) is 0. The van der Waals surface area contributed by atoms with Crippen molar-refractivity contribution in [2.75, 3.05) is 18.0 Å². The van der Waals surface area contributed by atoms with Crippen molar-refractivity contribution in [1.29, 1.82) is 0 Å². The van der Waals surface area contributed by atoms with Crippen LogP contribution in [0.4, 0.5) is 10.1 Å². The minimum atomic E-state index is -1.60. The minimum absolute atomic E-state index is 0.0899. The van der Waals surface area contributed by atoms with Gasteiger partial charge in [0.15, 0.2) is 0 Å². The van der Waals surface area contributed by atoms with Gasteiger partial charge in [0.05, 0.1) is 38.4 Å². The van der Waals surface area contributed by atoms with E-state index in [4.69, 9.17) is 0 Å². The Hall–Kier alpha value is -3.32. The molecule has 3 aromatic rings. The smallest absolute Gasteiger partial charge is 0.259 e. The molecule has 1 saturated heterocycles. The van der Waals surface area contributed by atoms with E-state index >= 15 is 0 Å². The lowest BCUT2D eigenvalue weighted by molar-refractivity contribution is 0.0623. The highest BCUT2D eigenvalue weighted by Crippen LogP contribution is 2.36. The molecule has 5 nitrogen and oxygen atoms in total. The van der Waals surface area contributed by atoms with Crippen LogP contribution in [0.3, 0.4) is 0 Å². The normalized spacial score (nSPS) is 21.8. The third kappa shape index (κ3) is 4.52. The molecule has 0 aromatic heterocycles. The fourth-order valence-electron chi connectivity index (χ4n) is 5.14. The third-order valence-electron chi connectivity index (χ3n) is 6.67. The highest BCUT2D eigenvalue weighted by atomic mass is 32.2. The van der Waals surface area contributed by atoms with E-state index < -0.39 is 10.8 Å². The number of piperidine rings is 1. The number of fused-ring (bicyclic) bond motifs is 2. The molecule has 0 unspecified atom stereocenters. The molecular weight excluding hydrogens is 463 g/mol. The van der Waals surface area contributed by atoms with Crippen molar-refractivity contribution in [3.63, 3.8) is 0 Å². The molecule has 0 radical (unpaired) electrons. The van der Waals surface area contributed by atoms with Gasteiger partial charge in [0.25, 0.3) is 11.8 Å². The first-order valence-corrected chi connectivity index (χ1v) is 13.0. The number of benzene rings is 3. The highest BCUT2D eigenvalue weighted by Gasteiger charge is 2.33. The second-order valence-electron chi connectivity index (χ2n) is 9.62. The van der Waals surface area contributed by atoms with Gasteiger partial charge in [0.1, 0.15) is 5.82 Å². The van der Waals surface area contributed by atoms with Crippen LogP contribution in [-0.2, 0) is 17.3 Å². The average Bonchev–Trinajstić information content (AvgIpc) is 2.93. The number of rotatable bonds is 3. The Morgan fingerprint density at radius 2 is 1.66 bits per heavy atom. The van der Waals surface area contributed by atoms with Crippen LogP contribution in [0.15, 0.2) is 76.5 Å². The van der Waals surface area contributed by atoms with Gasteiger partial charge in [-0.1, -0.05) is 38.1 Å². The number of likely N-dealkylation sites (tertiary alicyclic amines) is 1. The Kier molecular flexibility index (Phi) is 6.28. The zero-order valence-electron chi connectivity index (χ0n) is 19.7. The van der Waals surface area contributed by atoms with Crippen molar-refractivity contribution < 1.29 is 18.2 Å². The van der Waals surface area contributed by atoms with Gasteiger partial charge in [0.2, 0.25) is 0 Å². The highest BCUT2D eigenvalue weighted by molar-refractivity contribution is 7.85. The van der Waals surface area contributed by atoms with Crippen molar-refractivity contribution in [3.8, 4) is 0 Å². The summed E-state index contributed by atoms with van der Waals surface area (Å²) in [6, 6.07) is 17.9. The Morgan fingerprint density at radius 1 is 0.971 bits per heavy atom. The van der Waals surface area contributed by atoms with Gasteiger partial charge >= 0.3 is 0 Å². The zero-order chi connectivity index (χ0) is 24.7. The quantitative estimate of drug-likeness (QED) is 0.503. The number of carbonyl (C=O) groups is 2. The topological polar surface area (TPSA) is 57.7 Å². The number of nitrogens with zero attached hydrogens (tertiary/aromatic N) is 2. The first-order valence-electron chi connectivity index (χ1n) is 11.8. The number of halogens is 1. The summed E-state index contributed by atoms with van der Waals surface area (Å²) < 4.78 is 27.1. The maximum atomic E-state index is 13.7. The molecule has 5 rings (SSSR count). The molecule has 0 N–H and O–H groups in total. The van der Waals surface area contributed by atoms with Gasteiger partial charge in [0, 0.05) is 18.7 Å². The molecule has 3 aromatic carbocycles. The molecule has 2 aliphatic rings. The summed E-state index contributed by atoms with van der Waals surface area (Å²) in [5.74, 6) is 0.0830. The standard InChI is InChI=1S/C28H27FN2O3S/c1-18-13-19(2)16-30(15-18)27(32)21-9-12-26-24(14-21)31(17-20-7-10-22(29)11-8-20)28(33)23-5-3-4-6-25(23)35(26)34/h3-12,14,18-19H,13,15-17H2,1-2H3/t18-,19+,35-/m1/s1. The monoisotopic (exact) mass is 490 g/mol. The number of hydrogen-bond acceptors (Lipinski definition) is 3. The lowest BCUT2D eigenvalue weighted by Gasteiger charge is -2.35. The van der Waals surface area contributed by atoms with E-state index in [0.29, 0.717) is 51.5 Å². The Morgan fingerprint density at radius 3 is 2.37 bits per heavy atom. The lowest BCUT2D eigenvalue weighted by atomic mass is 9.91. The Bertz CT molecular complexity index is 1310. The predicted octanol–water partition coefficient (Wildman–Crippen LogP) is 5.27. The van der Waals surface area contributed by atoms with E-state index in [0.717, 1.165) is 12.0 Å². The summed E-state index contributed by atoms with van der Waals surface area (Å²) >= 11 is 0. The molecular formula is C28H27FN2O3S. The van der Waals surface area contributed by atoms with E-state index in [2.05, 4.69) is 13.8 Å².